The van der Waals surface area contributed by atoms with E-state index in [0.717, 1.165) is 11.1 Å². The molecule has 0 aromatic heterocycles. The predicted molar refractivity (Wildman–Crippen MR) is 70.0 cm³/mol. The molecule has 0 spiro atoms. The first-order valence-electron chi connectivity index (χ1n) is 5.86. The summed E-state index contributed by atoms with van der Waals surface area (Å²) in [5.41, 5.74) is 8.25. The summed E-state index contributed by atoms with van der Waals surface area (Å²) in [6.45, 7) is 2.34. The van der Waals surface area contributed by atoms with E-state index in [0.29, 0.717) is 12.4 Å². The summed E-state index contributed by atoms with van der Waals surface area (Å²) >= 11 is 0. The largest absolute Gasteiger partial charge is 0.492 e. The third-order valence-corrected chi connectivity index (χ3v) is 2.81. The molecule has 0 aliphatic carbocycles. The molecule has 2 aromatic rings. The van der Waals surface area contributed by atoms with E-state index in [4.69, 9.17) is 10.5 Å². The van der Waals surface area contributed by atoms with Crippen LogP contribution in [-0.4, -0.2) is 6.61 Å². The zero-order valence-electron chi connectivity index (χ0n) is 10.3. The molecule has 0 radical (unpaired) electrons. The molecule has 94 valence electrons. The third kappa shape index (κ3) is 3.08. The van der Waals surface area contributed by atoms with Gasteiger partial charge in [-0.3, -0.25) is 0 Å². The molecule has 0 bridgehead atoms. The van der Waals surface area contributed by atoms with Crippen molar-refractivity contribution in [2.24, 2.45) is 5.73 Å². The first kappa shape index (κ1) is 12.6. The number of hydrogen-bond acceptors (Lipinski definition) is 2. The van der Waals surface area contributed by atoms with Gasteiger partial charge in [-0.2, -0.15) is 0 Å². The maximum Gasteiger partial charge on any atom is 0.126 e. The molecular formula is C15H16FNO. The van der Waals surface area contributed by atoms with Gasteiger partial charge in [0.2, 0.25) is 0 Å². The van der Waals surface area contributed by atoms with Crippen molar-refractivity contribution in [1.29, 1.82) is 0 Å². The van der Waals surface area contributed by atoms with Gasteiger partial charge in [-0.25, -0.2) is 4.39 Å². The van der Waals surface area contributed by atoms with Gasteiger partial charge >= 0.3 is 0 Å². The number of benzene rings is 2. The highest BCUT2D eigenvalue weighted by molar-refractivity contribution is 5.29. The van der Waals surface area contributed by atoms with Gasteiger partial charge < -0.3 is 10.5 Å². The number of ether oxygens (including phenoxy) is 1. The fourth-order valence-corrected chi connectivity index (χ4v) is 1.84. The average Bonchev–Trinajstić information content (AvgIpc) is 2.37. The number of nitrogens with two attached hydrogens (primary N) is 1. The molecule has 2 aromatic carbocycles. The zero-order valence-corrected chi connectivity index (χ0v) is 10.3. The highest BCUT2D eigenvalue weighted by atomic mass is 19.1. The number of hydrogen-bond donors (Lipinski definition) is 1. The molecule has 2 N–H and O–H groups in total. The van der Waals surface area contributed by atoms with E-state index in [-0.39, 0.29) is 11.9 Å². The van der Waals surface area contributed by atoms with E-state index in [9.17, 15) is 4.39 Å². The minimum Gasteiger partial charge on any atom is -0.492 e. The summed E-state index contributed by atoms with van der Waals surface area (Å²) in [7, 11) is 0. The first-order chi connectivity index (χ1) is 8.66. The Morgan fingerprint density at radius 3 is 2.67 bits per heavy atom. The van der Waals surface area contributed by atoms with Crippen LogP contribution >= 0.6 is 0 Å². The van der Waals surface area contributed by atoms with Gasteiger partial charge in [0.05, 0.1) is 6.04 Å². The molecular weight excluding hydrogens is 229 g/mol. The van der Waals surface area contributed by atoms with E-state index < -0.39 is 0 Å². The van der Waals surface area contributed by atoms with Crippen LogP contribution in [0.2, 0.25) is 0 Å². The number of aryl methyl sites for hydroxylation is 1. The van der Waals surface area contributed by atoms with Crippen LogP contribution in [0.4, 0.5) is 4.39 Å². The van der Waals surface area contributed by atoms with Gasteiger partial charge in [0.15, 0.2) is 0 Å². The zero-order chi connectivity index (χ0) is 13.0. The van der Waals surface area contributed by atoms with Crippen LogP contribution in [0.5, 0.6) is 5.75 Å². The highest BCUT2D eigenvalue weighted by Crippen LogP contribution is 2.18. The van der Waals surface area contributed by atoms with Crippen LogP contribution in [0.3, 0.4) is 0 Å². The molecule has 0 saturated carbocycles. The smallest absolute Gasteiger partial charge is 0.126 e. The Labute approximate surface area is 106 Å². The maximum absolute atomic E-state index is 13.0. The van der Waals surface area contributed by atoms with Crippen LogP contribution < -0.4 is 10.5 Å². The van der Waals surface area contributed by atoms with Gasteiger partial charge in [-0.05, 0) is 30.2 Å². The SMILES string of the molecule is Cc1ccccc1C(N)COc1cccc(F)c1. The molecule has 0 heterocycles. The van der Waals surface area contributed by atoms with E-state index >= 15 is 0 Å². The Hall–Kier alpha value is -1.87. The minimum absolute atomic E-state index is 0.213. The van der Waals surface area contributed by atoms with Crippen molar-refractivity contribution in [3.63, 3.8) is 0 Å². The standard InChI is InChI=1S/C15H16FNO/c1-11-5-2-3-8-14(11)15(17)10-18-13-7-4-6-12(16)9-13/h2-9,15H,10,17H2,1H3. The summed E-state index contributed by atoms with van der Waals surface area (Å²) in [6.07, 6.45) is 0. The lowest BCUT2D eigenvalue weighted by Crippen LogP contribution is -2.19. The Morgan fingerprint density at radius 1 is 1.17 bits per heavy atom. The van der Waals surface area contributed by atoms with Gasteiger partial charge in [0.25, 0.3) is 0 Å². The van der Waals surface area contributed by atoms with Gasteiger partial charge in [0, 0.05) is 6.07 Å². The quantitative estimate of drug-likeness (QED) is 0.897. The van der Waals surface area contributed by atoms with Crippen LogP contribution in [-0.2, 0) is 0 Å². The maximum atomic E-state index is 13.0. The Balaban J connectivity index is 2.00. The summed E-state index contributed by atoms with van der Waals surface area (Å²) in [5.74, 6) is 0.191. The lowest BCUT2D eigenvalue weighted by atomic mass is 10.0. The number of halogens is 1. The molecule has 18 heavy (non-hydrogen) atoms. The second-order valence-corrected chi connectivity index (χ2v) is 4.23. The van der Waals surface area contributed by atoms with Crippen LogP contribution in [0, 0.1) is 12.7 Å². The summed E-state index contributed by atoms with van der Waals surface area (Å²) in [5, 5.41) is 0. The Kier molecular flexibility index (Phi) is 3.95. The molecule has 0 aliphatic rings. The van der Waals surface area contributed by atoms with E-state index in [2.05, 4.69) is 0 Å². The second-order valence-electron chi connectivity index (χ2n) is 4.23. The molecule has 0 fully saturated rings. The second kappa shape index (κ2) is 5.65. The lowest BCUT2D eigenvalue weighted by molar-refractivity contribution is 0.289. The van der Waals surface area contributed by atoms with E-state index in [1.165, 1.54) is 12.1 Å². The monoisotopic (exact) mass is 245 g/mol. The summed E-state index contributed by atoms with van der Waals surface area (Å²) in [4.78, 5) is 0. The fraction of sp³-hybridized carbons (Fsp3) is 0.200. The fourth-order valence-electron chi connectivity index (χ4n) is 1.84. The van der Waals surface area contributed by atoms with Crippen LogP contribution in [0.15, 0.2) is 48.5 Å². The van der Waals surface area contributed by atoms with Crippen molar-refractivity contribution >= 4 is 0 Å². The van der Waals surface area contributed by atoms with Gasteiger partial charge in [-0.15, -0.1) is 0 Å². The molecule has 1 atom stereocenters. The van der Waals surface area contributed by atoms with E-state index in [1.807, 2.05) is 31.2 Å². The molecule has 3 heteroatoms. The lowest BCUT2D eigenvalue weighted by Gasteiger charge is -2.15. The summed E-state index contributed by atoms with van der Waals surface area (Å²) < 4.78 is 18.5. The minimum atomic E-state index is -0.308. The molecule has 0 aliphatic heterocycles. The predicted octanol–water partition coefficient (Wildman–Crippen LogP) is 3.21. The molecule has 2 rings (SSSR count). The van der Waals surface area contributed by atoms with Crippen molar-refractivity contribution in [3.05, 3.63) is 65.5 Å². The molecule has 2 nitrogen and oxygen atoms in total. The Morgan fingerprint density at radius 2 is 1.94 bits per heavy atom. The van der Waals surface area contributed by atoms with Crippen molar-refractivity contribution < 1.29 is 9.13 Å². The molecule has 0 amide bonds. The van der Waals surface area contributed by atoms with Crippen molar-refractivity contribution in [3.8, 4) is 5.75 Å². The van der Waals surface area contributed by atoms with Crippen molar-refractivity contribution in [2.75, 3.05) is 6.61 Å². The van der Waals surface area contributed by atoms with E-state index in [1.54, 1.807) is 12.1 Å². The third-order valence-electron chi connectivity index (χ3n) is 2.81. The van der Waals surface area contributed by atoms with Gasteiger partial charge in [-0.1, -0.05) is 30.3 Å². The topological polar surface area (TPSA) is 35.2 Å². The van der Waals surface area contributed by atoms with Crippen molar-refractivity contribution in [1.82, 2.24) is 0 Å². The Bertz CT molecular complexity index is 527. The highest BCUT2D eigenvalue weighted by Gasteiger charge is 2.09. The first-order valence-corrected chi connectivity index (χ1v) is 5.86. The normalized spacial score (nSPS) is 12.2. The molecule has 1 unspecified atom stereocenters. The van der Waals surface area contributed by atoms with Crippen molar-refractivity contribution in [2.45, 2.75) is 13.0 Å². The van der Waals surface area contributed by atoms with Crippen LogP contribution in [0.25, 0.3) is 0 Å². The summed E-state index contributed by atoms with van der Waals surface area (Å²) in [6, 6.07) is 13.8. The molecule has 0 saturated heterocycles. The van der Waals surface area contributed by atoms with Gasteiger partial charge in [0.1, 0.15) is 18.2 Å². The number of rotatable bonds is 4. The van der Waals surface area contributed by atoms with Crippen LogP contribution in [0.1, 0.15) is 17.2 Å². The average molecular weight is 245 g/mol.